The maximum absolute atomic E-state index is 12.0. The van der Waals surface area contributed by atoms with Gasteiger partial charge in [0.05, 0.1) is 0 Å². The minimum Gasteiger partial charge on any atom is -0.342 e. The summed E-state index contributed by atoms with van der Waals surface area (Å²) < 4.78 is 2.97. The Morgan fingerprint density at radius 3 is 2.65 bits per heavy atom. The number of rotatable bonds is 3. The molecule has 0 saturated heterocycles. The van der Waals surface area contributed by atoms with E-state index in [2.05, 4.69) is 22.3 Å². The SMILES string of the molecule is Cn1nc(C[C@H]2CCCC[C@H]2NC(=O)C#CC2CC2)n(C)c1=O. The van der Waals surface area contributed by atoms with Crippen LogP contribution in [0.3, 0.4) is 0 Å². The van der Waals surface area contributed by atoms with E-state index in [-0.39, 0.29) is 17.6 Å². The third-order valence-corrected chi connectivity index (χ3v) is 4.85. The summed E-state index contributed by atoms with van der Waals surface area (Å²) in [6, 6.07) is 0.127. The number of nitrogens with one attached hydrogen (secondary N) is 1. The van der Waals surface area contributed by atoms with Crippen LogP contribution in [0.1, 0.15) is 44.3 Å². The van der Waals surface area contributed by atoms with Crippen LogP contribution in [0, 0.1) is 23.7 Å². The summed E-state index contributed by atoms with van der Waals surface area (Å²) in [7, 11) is 3.42. The van der Waals surface area contributed by atoms with Crippen LogP contribution in [0.5, 0.6) is 0 Å². The van der Waals surface area contributed by atoms with Crippen molar-refractivity contribution in [1.82, 2.24) is 19.7 Å². The molecule has 0 radical (unpaired) electrons. The Morgan fingerprint density at radius 2 is 2.00 bits per heavy atom. The fourth-order valence-electron chi connectivity index (χ4n) is 3.26. The van der Waals surface area contributed by atoms with Gasteiger partial charge in [0.15, 0.2) is 0 Å². The summed E-state index contributed by atoms with van der Waals surface area (Å²) in [5.41, 5.74) is -0.105. The van der Waals surface area contributed by atoms with Gasteiger partial charge < -0.3 is 5.32 Å². The molecule has 0 spiro atoms. The van der Waals surface area contributed by atoms with Gasteiger partial charge in [-0.25, -0.2) is 9.48 Å². The zero-order valence-electron chi connectivity index (χ0n) is 13.8. The molecule has 1 N–H and O–H groups in total. The van der Waals surface area contributed by atoms with Gasteiger partial charge in [-0.3, -0.25) is 9.36 Å². The molecule has 3 rings (SSSR count). The van der Waals surface area contributed by atoms with Crippen LogP contribution in [0.15, 0.2) is 4.79 Å². The molecule has 1 aromatic heterocycles. The number of hydrogen-bond acceptors (Lipinski definition) is 3. The average Bonchev–Trinajstić information content (AvgIpc) is 3.33. The molecule has 2 atom stereocenters. The topological polar surface area (TPSA) is 68.9 Å². The third kappa shape index (κ3) is 3.84. The lowest BCUT2D eigenvalue weighted by atomic mass is 9.82. The lowest BCUT2D eigenvalue weighted by Crippen LogP contribution is -2.42. The second kappa shape index (κ2) is 6.61. The van der Waals surface area contributed by atoms with Crippen LogP contribution in [0.2, 0.25) is 0 Å². The van der Waals surface area contributed by atoms with Gasteiger partial charge >= 0.3 is 5.69 Å². The van der Waals surface area contributed by atoms with E-state index in [1.54, 1.807) is 18.7 Å². The summed E-state index contributed by atoms with van der Waals surface area (Å²) >= 11 is 0. The Kier molecular flexibility index (Phi) is 4.56. The van der Waals surface area contributed by atoms with Gasteiger partial charge in [0.1, 0.15) is 5.82 Å². The molecule has 23 heavy (non-hydrogen) atoms. The second-order valence-corrected chi connectivity index (χ2v) is 6.75. The molecule has 124 valence electrons. The van der Waals surface area contributed by atoms with E-state index in [4.69, 9.17) is 0 Å². The maximum atomic E-state index is 12.0. The van der Waals surface area contributed by atoms with Crippen LogP contribution in [-0.2, 0) is 25.3 Å². The summed E-state index contributed by atoms with van der Waals surface area (Å²) in [6.07, 6.45) is 7.27. The van der Waals surface area contributed by atoms with E-state index >= 15 is 0 Å². The number of carbonyl (C=O) groups excluding carboxylic acids is 1. The summed E-state index contributed by atoms with van der Waals surface area (Å²) in [6.45, 7) is 0. The molecule has 6 nitrogen and oxygen atoms in total. The van der Waals surface area contributed by atoms with Gasteiger partial charge in [0.2, 0.25) is 0 Å². The van der Waals surface area contributed by atoms with E-state index in [1.165, 1.54) is 4.68 Å². The molecule has 0 unspecified atom stereocenters. The van der Waals surface area contributed by atoms with Gasteiger partial charge in [0.25, 0.3) is 5.91 Å². The number of aromatic nitrogens is 3. The summed E-state index contributed by atoms with van der Waals surface area (Å²) in [5.74, 6) is 7.11. The highest BCUT2D eigenvalue weighted by Crippen LogP contribution is 2.28. The van der Waals surface area contributed by atoms with E-state index < -0.39 is 0 Å². The summed E-state index contributed by atoms with van der Waals surface area (Å²) in [4.78, 5) is 23.8. The van der Waals surface area contributed by atoms with Crippen molar-refractivity contribution in [2.24, 2.45) is 25.9 Å². The second-order valence-electron chi connectivity index (χ2n) is 6.75. The molecule has 2 aliphatic rings. The van der Waals surface area contributed by atoms with Crippen molar-refractivity contribution >= 4 is 5.91 Å². The molecule has 6 heteroatoms. The fourth-order valence-corrected chi connectivity index (χ4v) is 3.26. The van der Waals surface area contributed by atoms with Gasteiger partial charge in [-0.15, -0.1) is 0 Å². The van der Waals surface area contributed by atoms with E-state index in [0.717, 1.165) is 44.3 Å². The van der Waals surface area contributed by atoms with E-state index in [0.29, 0.717) is 18.3 Å². The number of nitrogens with zero attached hydrogens (tertiary/aromatic N) is 3. The Balaban J connectivity index is 1.66. The van der Waals surface area contributed by atoms with Gasteiger partial charge in [-0.1, -0.05) is 18.8 Å². The van der Waals surface area contributed by atoms with Crippen molar-refractivity contribution < 1.29 is 4.79 Å². The zero-order chi connectivity index (χ0) is 16.4. The molecule has 1 aromatic rings. The van der Waals surface area contributed by atoms with Crippen LogP contribution in [0.4, 0.5) is 0 Å². The average molecular weight is 316 g/mol. The van der Waals surface area contributed by atoms with Crippen molar-refractivity contribution in [1.29, 1.82) is 0 Å². The highest BCUT2D eigenvalue weighted by Gasteiger charge is 2.28. The molecular weight excluding hydrogens is 292 g/mol. The smallest absolute Gasteiger partial charge is 0.342 e. The Morgan fingerprint density at radius 1 is 1.26 bits per heavy atom. The van der Waals surface area contributed by atoms with Gasteiger partial charge in [-0.2, -0.15) is 5.10 Å². The highest BCUT2D eigenvalue weighted by atomic mass is 16.2. The largest absolute Gasteiger partial charge is 0.345 e. The van der Waals surface area contributed by atoms with Crippen LogP contribution in [0.25, 0.3) is 0 Å². The van der Waals surface area contributed by atoms with Gasteiger partial charge in [0, 0.05) is 32.5 Å². The normalized spacial score (nSPS) is 23.9. The minimum absolute atomic E-state index is 0.105. The number of amides is 1. The number of hydrogen-bond donors (Lipinski definition) is 1. The third-order valence-electron chi connectivity index (χ3n) is 4.85. The lowest BCUT2D eigenvalue weighted by molar-refractivity contribution is -0.116. The van der Waals surface area contributed by atoms with Crippen LogP contribution >= 0.6 is 0 Å². The molecule has 2 fully saturated rings. The van der Waals surface area contributed by atoms with Crippen molar-refractivity contribution in [2.45, 2.75) is 51.0 Å². The first-order chi connectivity index (χ1) is 11.0. The van der Waals surface area contributed by atoms with Crippen LogP contribution < -0.4 is 11.0 Å². The van der Waals surface area contributed by atoms with Gasteiger partial charge in [-0.05, 0) is 37.5 Å². The first-order valence-corrected chi connectivity index (χ1v) is 8.45. The van der Waals surface area contributed by atoms with Crippen molar-refractivity contribution in [3.8, 4) is 11.8 Å². The fraction of sp³-hybridized carbons (Fsp3) is 0.706. The molecule has 0 aliphatic heterocycles. The summed E-state index contributed by atoms with van der Waals surface area (Å²) in [5, 5.41) is 7.39. The first-order valence-electron chi connectivity index (χ1n) is 8.45. The minimum atomic E-state index is -0.163. The number of aryl methyl sites for hydroxylation is 1. The number of carbonyl (C=O) groups is 1. The Labute approximate surface area is 136 Å². The molecule has 2 aliphatic carbocycles. The van der Waals surface area contributed by atoms with E-state index in [9.17, 15) is 9.59 Å². The molecule has 0 aromatic carbocycles. The molecule has 1 amide bonds. The molecule has 2 saturated carbocycles. The zero-order valence-corrected chi connectivity index (χ0v) is 13.8. The van der Waals surface area contributed by atoms with Crippen molar-refractivity contribution in [3.63, 3.8) is 0 Å². The standard InChI is InChI=1S/C17H24N4O2/c1-20-15(19-21(2)17(20)23)11-13-5-3-4-6-14(13)18-16(22)10-9-12-7-8-12/h12-14H,3-8,11H2,1-2H3,(H,18,22)/t13-,14-/m1/s1. The predicted octanol–water partition coefficient (Wildman–Crippen LogP) is 0.750. The molecule has 0 bridgehead atoms. The molecule has 1 heterocycles. The maximum Gasteiger partial charge on any atom is 0.345 e. The monoisotopic (exact) mass is 316 g/mol. The quantitative estimate of drug-likeness (QED) is 0.837. The van der Waals surface area contributed by atoms with Crippen molar-refractivity contribution in [3.05, 3.63) is 16.3 Å². The predicted molar refractivity (Wildman–Crippen MR) is 86.5 cm³/mol. The Hall–Kier alpha value is -2.03. The highest BCUT2D eigenvalue weighted by molar-refractivity contribution is 5.93. The Bertz CT molecular complexity index is 702. The van der Waals surface area contributed by atoms with Crippen molar-refractivity contribution in [2.75, 3.05) is 0 Å². The van der Waals surface area contributed by atoms with Crippen LogP contribution in [-0.4, -0.2) is 26.3 Å². The molecular formula is C17H24N4O2. The first kappa shape index (κ1) is 15.9. The lowest BCUT2D eigenvalue weighted by Gasteiger charge is -2.31. The van der Waals surface area contributed by atoms with E-state index in [1.807, 2.05) is 0 Å².